The first-order valence-electron chi connectivity index (χ1n) is 5.10. The first kappa shape index (κ1) is 9.44. The van der Waals surface area contributed by atoms with E-state index in [4.69, 9.17) is 4.74 Å². The molecule has 0 aromatic rings. The van der Waals surface area contributed by atoms with Gasteiger partial charge in [-0.3, -0.25) is 9.59 Å². The van der Waals surface area contributed by atoms with Gasteiger partial charge in [0.05, 0.1) is 6.61 Å². The number of ketones is 1. The zero-order chi connectivity index (χ0) is 10.2. The predicted molar refractivity (Wildman–Crippen MR) is 50.6 cm³/mol. The van der Waals surface area contributed by atoms with Crippen LogP contribution in [0, 0.1) is 11.3 Å². The number of Topliss-reactive ketones (excluding diaryl/α,β-unsaturated/α-hetero) is 1. The van der Waals surface area contributed by atoms with Crippen LogP contribution in [0.3, 0.4) is 0 Å². The van der Waals surface area contributed by atoms with Crippen molar-refractivity contribution in [2.24, 2.45) is 11.3 Å². The summed E-state index contributed by atoms with van der Waals surface area (Å²) in [7, 11) is 0. The largest absolute Gasteiger partial charge is 0.465 e. The van der Waals surface area contributed by atoms with Crippen molar-refractivity contribution in [1.82, 2.24) is 0 Å². The number of fused-ring (bicyclic) bond motifs is 2. The quantitative estimate of drug-likeness (QED) is 0.380. The van der Waals surface area contributed by atoms with Crippen molar-refractivity contribution in [3.8, 4) is 0 Å². The number of hydrogen-bond donors (Lipinski definition) is 0. The number of carbonyl (C=O) groups excluding carboxylic acids is 2. The molecule has 0 aromatic heterocycles. The zero-order valence-corrected chi connectivity index (χ0v) is 8.29. The average Bonchev–Trinajstić information content (AvgIpc) is 2.40. The van der Waals surface area contributed by atoms with Crippen molar-refractivity contribution in [3.63, 3.8) is 0 Å². The summed E-state index contributed by atoms with van der Waals surface area (Å²) in [6.45, 7) is 2.10. The summed E-state index contributed by atoms with van der Waals surface area (Å²) in [6.07, 6.45) is 5.93. The molecule has 1 fully saturated rings. The lowest BCUT2D eigenvalue weighted by molar-refractivity contribution is -0.156. The third kappa shape index (κ3) is 1.11. The van der Waals surface area contributed by atoms with Crippen LogP contribution in [-0.2, 0) is 14.3 Å². The Morgan fingerprint density at radius 2 is 2.50 bits per heavy atom. The average molecular weight is 194 g/mol. The van der Waals surface area contributed by atoms with E-state index in [2.05, 4.69) is 0 Å². The van der Waals surface area contributed by atoms with Crippen LogP contribution in [0.4, 0.5) is 0 Å². The van der Waals surface area contributed by atoms with Gasteiger partial charge in [-0.15, -0.1) is 0 Å². The maximum absolute atomic E-state index is 11.9. The highest BCUT2D eigenvalue weighted by molar-refractivity contribution is 6.09. The van der Waals surface area contributed by atoms with E-state index in [-0.39, 0.29) is 17.7 Å². The Morgan fingerprint density at radius 1 is 1.71 bits per heavy atom. The van der Waals surface area contributed by atoms with Crippen LogP contribution in [-0.4, -0.2) is 18.4 Å². The molecule has 0 N–H and O–H groups in total. The molecular weight excluding hydrogens is 180 g/mol. The molecule has 3 heteroatoms. The number of allylic oxidation sites excluding steroid dienone is 1. The van der Waals surface area contributed by atoms with Gasteiger partial charge in [-0.2, -0.15) is 0 Å². The van der Waals surface area contributed by atoms with Gasteiger partial charge in [-0.1, -0.05) is 12.2 Å². The first-order chi connectivity index (χ1) is 6.70. The monoisotopic (exact) mass is 194 g/mol. The van der Waals surface area contributed by atoms with E-state index in [1.165, 1.54) is 0 Å². The fourth-order valence-corrected chi connectivity index (χ4v) is 2.37. The number of rotatable bonds is 2. The maximum atomic E-state index is 11.9. The minimum absolute atomic E-state index is 0.0596. The molecule has 1 saturated carbocycles. The van der Waals surface area contributed by atoms with Crippen molar-refractivity contribution in [1.29, 1.82) is 0 Å². The Balaban J connectivity index is 2.29. The van der Waals surface area contributed by atoms with Crippen LogP contribution in [0.2, 0.25) is 0 Å². The SMILES string of the molecule is CCOC(=O)C12C=CCC(CC1)C2=O. The molecule has 0 radical (unpaired) electrons. The van der Waals surface area contributed by atoms with Gasteiger partial charge in [0.1, 0.15) is 5.41 Å². The maximum Gasteiger partial charge on any atom is 0.323 e. The Hall–Kier alpha value is -1.12. The van der Waals surface area contributed by atoms with Crippen LogP contribution in [0.5, 0.6) is 0 Å². The standard InChI is InChI=1S/C11H14O3/c1-2-14-10(13)11-6-3-4-8(5-7-11)9(11)12/h3,6,8H,2,4-5,7H2,1H3. The van der Waals surface area contributed by atoms with Crippen LogP contribution >= 0.6 is 0 Å². The molecule has 2 aliphatic rings. The molecule has 3 nitrogen and oxygen atoms in total. The lowest BCUT2D eigenvalue weighted by Crippen LogP contribution is -2.38. The second-order valence-electron chi connectivity index (χ2n) is 3.93. The molecule has 2 bridgehead atoms. The van der Waals surface area contributed by atoms with Crippen LogP contribution in [0.25, 0.3) is 0 Å². The second-order valence-corrected chi connectivity index (χ2v) is 3.93. The van der Waals surface area contributed by atoms with E-state index >= 15 is 0 Å². The molecule has 2 rings (SSSR count). The molecule has 14 heavy (non-hydrogen) atoms. The molecule has 2 unspecified atom stereocenters. The molecule has 76 valence electrons. The predicted octanol–water partition coefficient (Wildman–Crippen LogP) is 1.47. The third-order valence-electron chi connectivity index (χ3n) is 3.16. The van der Waals surface area contributed by atoms with Gasteiger partial charge in [-0.25, -0.2) is 0 Å². The molecule has 2 atom stereocenters. The van der Waals surface area contributed by atoms with E-state index in [0.717, 1.165) is 12.8 Å². The molecular formula is C11H14O3. The van der Waals surface area contributed by atoms with Crippen LogP contribution in [0.1, 0.15) is 26.2 Å². The highest BCUT2D eigenvalue weighted by Crippen LogP contribution is 2.45. The van der Waals surface area contributed by atoms with Gasteiger partial charge in [0.25, 0.3) is 0 Å². The fourth-order valence-electron chi connectivity index (χ4n) is 2.37. The van der Waals surface area contributed by atoms with Gasteiger partial charge in [0.15, 0.2) is 5.78 Å². The van der Waals surface area contributed by atoms with Gasteiger partial charge in [-0.05, 0) is 26.2 Å². The van der Waals surface area contributed by atoms with Gasteiger partial charge < -0.3 is 4.74 Å². The zero-order valence-electron chi connectivity index (χ0n) is 8.29. The summed E-state index contributed by atoms with van der Waals surface area (Å²) in [5.41, 5.74) is -0.918. The highest BCUT2D eigenvalue weighted by Gasteiger charge is 2.53. The molecule has 0 spiro atoms. The van der Waals surface area contributed by atoms with E-state index in [1.807, 2.05) is 6.08 Å². The molecule has 0 amide bonds. The van der Waals surface area contributed by atoms with Gasteiger partial charge in [0.2, 0.25) is 0 Å². The van der Waals surface area contributed by atoms with Crippen molar-refractivity contribution in [2.75, 3.05) is 6.61 Å². The Kier molecular flexibility index (Phi) is 2.17. The second kappa shape index (κ2) is 3.23. The number of carbonyl (C=O) groups is 2. The topological polar surface area (TPSA) is 43.4 Å². The minimum Gasteiger partial charge on any atom is -0.465 e. The first-order valence-corrected chi connectivity index (χ1v) is 5.10. The summed E-state index contributed by atoms with van der Waals surface area (Å²) in [5, 5.41) is 0. The van der Waals surface area contributed by atoms with Crippen molar-refractivity contribution < 1.29 is 14.3 Å². The number of esters is 1. The lowest BCUT2D eigenvalue weighted by atomic mass is 9.80. The Morgan fingerprint density at radius 3 is 3.21 bits per heavy atom. The van der Waals surface area contributed by atoms with E-state index in [9.17, 15) is 9.59 Å². The minimum atomic E-state index is -0.918. The lowest BCUT2D eigenvalue weighted by Gasteiger charge is -2.24. The summed E-state index contributed by atoms with van der Waals surface area (Å²) in [5.74, 6) is -0.230. The molecule has 0 aromatic carbocycles. The third-order valence-corrected chi connectivity index (χ3v) is 3.16. The van der Waals surface area contributed by atoms with Crippen LogP contribution < -0.4 is 0 Å². The highest BCUT2D eigenvalue weighted by atomic mass is 16.5. The molecule has 0 aliphatic heterocycles. The fraction of sp³-hybridized carbons (Fsp3) is 0.636. The summed E-state index contributed by atoms with van der Waals surface area (Å²) < 4.78 is 4.96. The summed E-state index contributed by atoms with van der Waals surface area (Å²) in [4.78, 5) is 23.6. The van der Waals surface area contributed by atoms with Gasteiger partial charge in [0, 0.05) is 5.92 Å². The normalized spacial score (nSPS) is 34.6. The van der Waals surface area contributed by atoms with Crippen molar-refractivity contribution in [2.45, 2.75) is 26.2 Å². The van der Waals surface area contributed by atoms with E-state index < -0.39 is 5.41 Å². The molecule has 0 saturated heterocycles. The Labute approximate surface area is 83.1 Å². The molecule has 2 aliphatic carbocycles. The van der Waals surface area contributed by atoms with Crippen molar-refractivity contribution >= 4 is 11.8 Å². The summed E-state index contributed by atoms with van der Waals surface area (Å²) >= 11 is 0. The number of hydrogen-bond acceptors (Lipinski definition) is 3. The number of ether oxygens (including phenoxy) is 1. The summed E-state index contributed by atoms with van der Waals surface area (Å²) in [6, 6.07) is 0. The van der Waals surface area contributed by atoms with E-state index in [0.29, 0.717) is 13.0 Å². The van der Waals surface area contributed by atoms with Gasteiger partial charge >= 0.3 is 5.97 Å². The van der Waals surface area contributed by atoms with Crippen molar-refractivity contribution in [3.05, 3.63) is 12.2 Å². The van der Waals surface area contributed by atoms with E-state index in [1.54, 1.807) is 13.0 Å². The van der Waals surface area contributed by atoms with Crippen LogP contribution in [0.15, 0.2) is 12.2 Å². The smallest absolute Gasteiger partial charge is 0.323 e. The Bertz CT molecular complexity index is 306. The molecule has 0 heterocycles.